The van der Waals surface area contributed by atoms with E-state index in [4.69, 9.17) is 0 Å². The molecular weight excluding hydrogens is 518 g/mol. The maximum absolute atomic E-state index is 13.9. The fourth-order valence-corrected chi connectivity index (χ4v) is 4.33. The number of nitrogens with zero attached hydrogens (tertiary/aromatic N) is 2. The second-order valence-corrected chi connectivity index (χ2v) is 9.40. The molecular formula is C30H30F2N4O4. The van der Waals surface area contributed by atoms with Crippen LogP contribution in [-0.4, -0.2) is 44.6 Å². The van der Waals surface area contributed by atoms with Gasteiger partial charge in [0.2, 0.25) is 0 Å². The number of aliphatic hydroxyl groups is 1. The molecule has 2 atom stereocenters. The summed E-state index contributed by atoms with van der Waals surface area (Å²) < 4.78 is 28.7. The Hall–Kier alpha value is -4.41. The molecule has 4 N–H and O–H groups in total. The summed E-state index contributed by atoms with van der Waals surface area (Å²) in [7, 11) is 0. The average Bonchev–Trinajstić information content (AvgIpc) is 2.92. The molecule has 4 aromatic rings. The van der Waals surface area contributed by atoms with Gasteiger partial charge in [-0.3, -0.25) is 9.59 Å². The van der Waals surface area contributed by atoms with Gasteiger partial charge < -0.3 is 20.8 Å². The number of aromatic hydroxyl groups is 1. The molecule has 0 aliphatic heterocycles. The molecule has 0 fully saturated rings. The highest BCUT2D eigenvalue weighted by Crippen LogP contribution is 2.16. The van der Waals surface area contributed by atoms with Crippen LogP contribution in [0, 0.1) is 11.6 Å². The minimum absolute atomic E-state index is 0.0437. The van der Waals surface area contributed by atoms with E-state index in [2.05, 4.69) is 22.7 Å². The number of aliphatic hydroxyl groups excluding tert-OH is 1. The highest BCUT2D eigenvalue weighted by molar-refractivity contribution is 5.94. The summed E-state index contributed by atoms with van der Waals surface area (Å²) in [6.07, 6.45) is -0.423. The fraction of sp³-hybridized carbons (Fsp3) is 0.233. The third-order valence-electron chi connectivity index (χ3n) is 6.37. The minimum Gasteiger partial charge on any atom is -0.505 e. The third-order valence-corrected chi connectivity index (χ3v) is 6.37. The van der Waals surface area contributed by atoms with Crippen LogP contribution < -0.4 is 16.2 Å². The monoisotopic (exact) mass is 548 g/mol. The van der Waals surface area contributed by atoms with E-state index in [0.717, 1.165) is 40.9 Å². The summed E-state index contributed by atoms with van der Waals surface area (Å²) in [5, 5.41) is 31.2. The van der Waals surface area contributed by atoms with Crippen molar-refractivity contribution in [1.82, 2.24) is 20.4 Å². The van der Waals surface area contributed by atoms with Crippen LogP contribution in [0.5, 0.6) is 5.75 Å². The summed E-state index contributed by atoms with van der Waals surface area (Å²) in [4.78, 5) is 25.7. The quantitative estimate of drug-likeness (QED) is 0.229. The standard InChI is InChI=1S/C30H30F2N4O4/c1-2-19-7-6-8-20(11-19)17-33-18-27(38)25(14-21-12-22(31)15-23(32)13-21)34-30(40)29-26(37)16-28(39)36(35-29)24-9-4-3-5-10-24/h3-13,15-16,25,27,33,37-38H,2,14,17-18H2,1H3,(H,34,40). The molecule has 0 aliphatic rings. The summed E-state index contributed by atoms with van der Waals surface area (Å²) in [5.74, 6) is -3.11. The van der Waals surface area contributed by atoms with Gasteiger partial charge in [-0.2, -0.15) is 9.78 Å². The van der Waals surface area contributed by atoms with Crippen LogP contribution in [0.15, 0.2) is 83.7 Å². The zero-order chi connectivity index (χ0) is 28.6. The van der Waals surface area contributed by atoms with Gasteiger partial charge in [0.15, 0.2) is 11.4 Å². The van der Waals surface area contributed by atoms with Crippen molar-refractivity contribution in [1.29, 1.82) is 0 Å². The first-order valence-electron chi connectivity index (χ1n) is 12.8. The van der Waals surface area contributed by atoms with E-state index in [-0.39, 0.29) is 18.5 Å². The van der Waals surface area contributed by atoms with E-state index in [1.54, 1.807) is 30.3 Å². The Bertz CT molecular complexity index is 1510. The van der Waals surface area contributed by atoms with Gasteiger partial charge in [-0.15, -0.1) is 0 Å². The number of benzene rings is 3. The lowest BCUT2D eigenvalue weighted by Gasteiger charge is -2.25. The van der Waals surface area contributed by atoms with Crippen molar-refractivity contribution in [2.75, 3.05) is 6.54 Å². The molecule has 1 aromatic heterocycles. The number of para-hydroxylation sites is 1. The Kier molecular flexibility index (Phi) is 9.36. The lowest BCUT2D eigenvalue weighted by atomic mass is 10.00. The van der Waals surface area contributed by atoms with Gasteiger partial charge in [0.05, 0.1) is 17.8 Å². The SMILES string of the molecule is CCc1cccc(CNCC(O)C(Cc2cc(F)cc(F)c2)NC(=O)c2nn(-c3ccccc3)c(=O)cc2O)c1. The number of hydrogen-bond acceptors (Lipinski definition) is 6. The number of rotatable bonds is 11. The van der Waals surface area contributed by atoms with Crippen molar-refractivity contribution in [3.05, 3.63) is 123 Å². The summed E-state index contributed by atoms with van der Waals surface area (Å²) in [6.45, 7) is 2.55. The molecule has 40 heavy (non-hydrogen) atoms. The molecule has 0 spiro atoms. The Morgan fingerprint density at radius 2 is 1.65 bits per heavy atom. The van der Waals surface area contributed by atoms with Crippen LogP contribution in [0.2, 0.25) is 0 Å². The largest absolute Gasteiger partial charge is 0.505 e. The molecule has 208 valence electrons. The van der Waals surface area contributed by atoms with E-state index < -0.39 is 46.7 Å². The van der Waals surface area contributed by atoms with Gasteiger partial charge in [0.1, 0.15) is 11.6 Å². The van der Waals surface area contributed by atoms with Crippen molar-refractivity contribution in [2.24, 2.45) is 0 Å². The zero-order valence-corrected chi connectivity index (χ0v) is 21.8. The molecule has 0 radical (unpaired) electrons. The molecule has 0 bridgehead atoms. The number of carbonyl (C=O) groups is 1. The lowest BCUT2D eigenvalue weighted by molar-refractivity contribution is 0.0820. The smallest absolute Gasteiger partial charge is 0.275 e. The molecule has 0 aliphatic carbocycles. The number of nitrogens with one attached hydrogen (secondary N) is 2. The van der Waals surface area contributed by atoms with Crippen LogP contribution in [0.3, 0.4) is 0 Å². The third kappa shape index (κ3) is 7.37. The van der Waals surface area contributed by atoms with Crippen molar-refractivity contribution < 1.29 is 23.8 Å². The molecule has 0 saturated heterocycles. The van der Waals surface area contributed by atoms with Gasteiger partial charge >= 0.3 is 0 Å². The fourth-order valence-electron chi connectivity index (χ4n) is 4.33. The van der Waals surface area contributed by atoms with Gasteiger partial charge in [-0.05, 0) is 53.8 Å². The Labute approximate surface area is 229 Å². The molecule has 0 saturated carbocycles. The van der Waals surface area contributed by atoms with E-state index >= 15 is 0 Å². The normalized spacial score (nSPS) is 12.6. The van der Waals surface area contributed by atoms with E-state index in [1.165, 1.54) is 5.56 Å². The molecule has 4 rings (SSSR count). The Morgan fingerprint density at radius 3 is 2.35 bits per heavy atom. The van der Waals surface area contributed by atoms with Gasteiger partial charge in [0.25, 0.3) is 11.5 Å². The number of carbonyl (C=O) groups excluding carboxylic acids is 1. The molecule has 3 aromatic carbocycles. The topological polar surface area (TPSA) is 116 Å². The second kappa shape index (κ2) is 13.1. The zero-order valence-electron chi connectivity index (χ0n) is 21.8. The van der Waals surface area contributed by atoms with E-state index in [9.17, 15) is 28.6 Å². The first kappa shape index (κ1) is 28.6. The van der Waals surface area contributed by atoms with E-state index in [1.807, 2.05) is 24.3 Å². The maximum atomic E-state index is 13.9. The number of aryl methyl sites for hydroxylation is 1. The van der Waals surface area contributed by atoms with Crippen molar-refractivity contribution in [3.63, 3.8) is 0 Å². The molecule has 2 unspecified atom stereocenters. The average molecular weight is 549 g/mol. The van der Waals surface area contributed by atoms with E-state index in [0.29, 0.717) is 12.2 Å². The van der Waals surface area contributed by atoms with Crippen LogP contribution >= 0.6 is 0 Å². The first-order chi connectivity index (χ1) is 19.2. The maximum Gasteiger partial charge on any atom is 0.275 e. The number of halogens is 2. The Morgan fingerprint density at radius 1 is 0.950 bits per heavy atom. The first-order valence-corrected chi connectivity index (χ1v) is 12.8. The molecule has 1 heterocycles. The number of aromatic nitrogens is 2. The van der Waals surface area contributed by atoms with Gasteiger partial charge in [0, 0.05) is 25.2 Å². The van der Waals surface area contributed by atoms with Crippen LogP contribution in [0.1, 0.15) is 34.1 Å². The molecule has 1 amide bonds. The highest BCUT2D eigenvalue weighted by Gasteiger charge is 2.26. The van der Waals surface area contributed by atoms with Crippen molar-refractivity contribution >= 4 is 5.91 Å². The van der Waals surface area contributed by atoms with Gasteiger partial charge in [-0.1, -0.05) is 49.4 Å². The predicted molar refractivity (Wildman–Crippen MR) is 146 cm³/mol. The minimum atomic E-state index is -1.19. The van der Waals surface area contributed by atoms with Crippen molar-refractivity contribution in [2.45, 2.75) is 38.5 Å². The molecule has 8 nitrogen and oxygen atoms in total. The summed E-state index contributed by atoms with van der Waals surface area (Å²) >= 11 is 0. The van der Waals surface area contributed by atoms with Crippen molar-refractivity contribution in [3.8, 4) is 11.4 Å². The lowest BCUT2D eigenvalue weighted by Crippen LogP contribution is -2.49. The number of hydrogen-bond donors (Lipinski definition) is 4. The van der Waals surface area contributed by atoms with Crippen LogP contribution in [-0.2, 0) is 19.4 Å². The highest BCUT2D eigenvalue weighted by atomic mass is 19.1. The molecule has 10 heteroatoms. The summed E-state index contributed by atoms with van der Waals surface area (Å²) in [6, 6.07) is 19.1. The predicted octanol–water partition coefficient (Wildman–Crippen LogP) is 3.27. The summed E-state index contributed by atoms with van der Waals surface area (Å²) in [5.41, 5.74) is 1.67. The number of amides is 1. The van der Waals surface area contributed by atoms with Crippen LogP contribution in [0.4, 0.5) is 8.78 Å². The Balaban J connectivity index is 1.55. The van der Waals surface area contributed by atoms with Crippen LogP contribution in [0.25, 0.3) is 5.69 Å². The second-order valence-electron chi connectivity index (χ2n) is 9.40. The van der Waals surface area contributed by atoms with Gasteiger partial charge in [-0.25, -0.2) is 8.78 Å².